The fourth-order valence-electron chi connectivity index (χ4n) is 0.880. The average molecular weight is 161 g/mol. The summed E-state index contributed by atoms with van der Waals surface area (Å²) in [6.45, 7) is 3.94. The zero-order valence-electron chi connectivity index (χ0n) is 7.24. The van der Waals surface area contributed by atoms with Crippen molar-refractivity contribution in [1.29, 1.82) is 5.26 Å². The minimum Gasteiger partial charge on any atom is -0.491 e. The van der Waals surface area contributed by atoms with Gasteiger partial charge in [-0.15, -0.1) is 0 Å². The minimum atomic E-state index is 0.179. The summed E-state index contributed by atoms with van der Waals surface area (Å²) in [5.41, 5.74) is 0.658. The van der Waals surface area contributed by atoms with Crippen LogP contribution in [-0.4, -0.2) is 6.10 Å². The van der Waals surface area contributed by atoms with Crippen LogP contribution in [0, 0.1) is 11.3 Å². The molecular formula is C10H11NO. The lowest BCUT2D eigenvalue weighted by Gasteiger charge is -2.08. The monoisotopic (exact) mass is 161 g/mol. The summed E-state index contributed by atoms with van der Waals surface area (Å²) in [5.74, 6) is 0.809. The Balaban J connectivity index is 2.73. The van der Waals surface area contributed by atoms with Crippen molar-refractivity contribution in [1.82, 2.24) is 0 Å². The summed E-state index contributed by atoms with van der Waals surface area (Å²) >= 11 is 0. The molecule has 0 fully saturated rings. The van der Waals surface area contributed by atoms with Gasteiger partial charge in [-0.2, -0.15) is 5.26 Å². The molecule has 62 valence electrons. The SMILES string of the molecule is CC(C)Oc1ccc(C#N)cc1. The van der Waals surface area contributed by atoms with Crippen LogP contribution in [0.15, 0.2) is 24.3 Å². The minimum absolute atomic E-state index is 0.179. The molecule has 0 spiro atoms. The first-order valence-corrected chi connectivity index (χ1v) is 3.89. The number of nitriles is 1. The van der Waals surface area contributed by atoms with E-state index in [2.05, 4.69) is 6.07 Å². The van der Waals surface area contributed by atoms with Gasteiger partial charge >= 0.3 is 0 Å². The van der Waals surface area contributed by atoms with Gasteiger partial charge in [-0.25, -0.2) is 0 Å². The first-order chi connectivity index (χ1) is 5.72. The summed E-state index contributed by atoms with van der Waals surface area (Å²) in [7, 11) is 0. The van der Waals surface area contributed by atoms with Gasteiger partial charge in [0.2, 0.25) is 0 Å². The van der Waals surface area contributed by atoms with Gasteiger partial charge in [-0.1, -0.05) is 0 Å². The molecule has 2 nitrogen and oxygen atoms in total. The van der Waals surface area contributed by atoms with E-state index in [9.17, 15) is 0 Å². The fraction of sp³-hybridized carbons (Fsp3) is 0.300. The molecule has 0 aromatic heterocycles. The summed E-state index contributed by atoms with van der Waals surface area (Å²) in [6.07, 6.45) is 0.179. The van der Waals surface area contributed by atoms with E-state index in [0.29, 0.717) is 5.56 Å². The van der Waals surface area contributed by atoms with Crippen LogP contribution >= 0.6 is 0 Å². The predicted octanol–water partition coefficient (Wildman–Crippen LogP) is 2.35. The third kappa shape index (κ3) is 2.28. The predicted molar refractivity (Wildman–Crippen MR) is 46.9 cm³/mol. The van der Waals surface area contributed by atoms with Gasteiger partial charge < -0.3 is 4.74 Å². The van der Waals surface area contributed by atoms with Gasteiger partial charge in [-0.05, 0) is 38.1 Å². The van der Waals surface area contributed by atoms with Crippen LogP contribution in [0.3, 0.4) is 0 Å². The molecule has 0 saturated carbocycles. The Hall–Kier alpha value is -1.49. The van der Waals surface area contributed by atoms with E-state index in [4.69, 9.17) is 10.00 Å². The third-order valence-corrected chi connectivity index (χ3v) is 1.36. The Morgan fingerprint density at radius 2 is 1.83 bits per heavy atom. The van der Waals surface area contributed by atoms with Crippen molar-refractivity contribution in [2.24, 2.45) is 0 Å². The quantitative estimate of drug-likeness (QED) is 0.667. The van der Waals surface area contributed by atoms with Crippen LogP contribution in [0.1, 0.15) is 19.4 Å². The highest BCUT2D eigenvalue weighted by molar-refractivity contribution is 5.34. The smallest absolute Gasteiger partial charge is 0.119 e. The standard InChI is InChI=1S/C10H11NO/c1-8(2)12-10-5-3-9(7-11)4-6-10/h3-6,8H,1-2H3. The molecule has 1 aromatic rings. The molecular weight excluding hydrogens is 150 g/mol. The van der Waals surface area contributed by atoms with Crippen LogP contribution in [-0.2, 0) is 0 Å². The second kappa shape index (κ2) is 3.77. The van der Waals surface area contributed by atoms with Crippen molar-refractivity contribution >= 4 is 0 Å². The zero-order valence-corrected chi connectivity index (χ0v) is 7.24. The molecule has 0 radical (unpaired) electrons. The van der Waals surface area contributed by atoms with Gasteiger partial charge in [0.25, 0.3) is 0 Å². The summed E-state index contributed by atoms with van der Waals surface area (Å²) in [5, 5.41) is 8.52. The van der Waals surface area contributed by atoms with E-state index in [1.807, 2.05) is 13.8 Å². The molecule has 0 unspecified atom stereocenters. The Morgan fingerprint density at radius 1 is 1.25 bits per heavy atom. The molecule has 0 saturated heterocycles. The van der Waals surface area contributed by atoms with E-state index in [1.165, 1.54) is 0 Å². The largest absolute Gasteiger partial charge is 0.491 e. The first kappa shape index (κ1) is 8.61. The number of hydrogen-bond acceptors (Lipinski definition) is 2. The van der Waals surface area contributed by atoms with E-state index in [-0.39, 0.29) is 6.10 Å². The highest BCUT2D eigenvalue weighted by atomic mass is 16.5. The fourth-order valence-corrected chi connectivity index (χ4v) is 0.880. The van der Waals surface area contributed by atoms with Crippen LogP contribution in [0.5, 0.6) is 5.75 Å². The Morgan fingerprint density at radius 3 is 2.25 bits per heavy atom. The van der Waals surface area contributed by atoms with Crippen LogP contribution < -0.4 is 4.74 Å². The molecule has 0 aliphatic rings. The zero-order chi connectivity index (χ0) is 8.97. The molecule has 2 heteroatoms. The highest BCUT2D eigenvalue weighted by Gasteiger charge is 1.96. The van der Waals surface area contributed by atoms with E-state index in [0.717, 1.165) is 5.75 Å². The van der Waals surface area contributed by atoms with Gasteiger partial charge in [-0.3, -0.25) is 0 Å². The maximum Gasteiger partial charge on any atom is 0.119 e. The molecule has 0 aliphatic heterocycles. The number of ether oxygens (including phenoxy) is 1. The molecule has 0 atom stereocenters. The highest BCUT2D eigenvalue weighted by Crippen LogP contribution is 2.12. The lowest BCUT2D eigenvalue weighted by atomic mass is 10.2. The second-order valence-corrected chi connectivity index (χ2v) is 2.80. The molecule has 1 rings (SSSR count). The van der Waals surface area contributed by atoms with Crippen molar-refractivity contribution in [2.75, 3.05) is 0 Å². The average Bonchev–Trinajstić information content (AvgIpc) is 2.05. The normalized spacial score (nSPS) is 9.50. The summed E-state index contributed by atoms with van der Waals surface area (Å²) in [4.78, 5) is 0. The van der Waals surface area contributed by atoms with Crippen LogP contribution in [0.25, 0.3) is 0 Å². The maximum atomic E-state index is 8.52. The van der Waals surface area contributed by atoms with Crippen molar-refractivity contribution in [3.8, 4) is 11.8 Å². The van der Waals surface area contributed by atoms with Gasteiger partial charge in [0.05, 0.1) is 17.7 Å². The number of rotatable bonds is 2. The van der Waals surface area contributed by atoms with E-state index < -0.39 is 0 Å². The second-order valence-electron chi connectivity index (χ2n) is 2.80. The molecule has 0 N–H and O–H groups in total. The lowest BCUT2D eigenvalue weighted by Crippen LogP contribution is -2.05. The molecule has 0 bridgehead atoms. The van der Waals surface area contributed by atoms with Crippen molar-refractivity contribution in [2.45, 2.75) is 20.0 Å². The molecule has 1 aromatic carbocycles. The van der Waals surface area contributed by atoms with Crippen molar-refractivity contribution < 1.29 is 4.74 Å². The number of benzene rings is 1. The van der Waals surface area contributed by atoms with Crippen LogP contribution in [0.4, 0.5) is 0 Å². The Kier molecular flexibility index (Phi) is 2.71. The van der Waals surface area contributed by atoms with Crippen LogP contribution in [0.2, 0.25) is 0 Å². The lowest BCUT2D eigenvalue weighted by molar-refractivity contribution is 0.242. The Bertz CT molecular complexity index is 282. The van der Waals surface area contributed by atoms with Gasteiger partial charge in [0.15, 0.2) is 0 Å². The Labute approximate surface area is 72.4 Å². The van der Waals surface area contributed by atoms with E-state index in [1.54, 1.807) is 24.3 Å². The molecule has 0 heterocycles. The number of hydrogen-bond donors (Lipinski definition) is 0. The topological polar surface area (TPSA) is 33.0 Å². The maximum absolute atomic E-state index is 8.52. The summed E-state index contributed by atoms with van der Waals surface area (Å²) in [6, 6.07) is 9.16. The van der Waals surface area contributed by atoms with Crippen molar-refractivity contribution in [3.05, 3.63) is 29.8 Å². The third-order valence-electron chi connectivity index (χ3n) is 1.36. The molecule has 0 amide bonds. The van der Waals surface area contributed by atoms with Gasteiger partial charge in [0, 0.05) is 0 Å². The van der Waals surface area contributed by atoms with E-state index >= 15 is 0 Å². The number of nitrogens with zero attached hydrogens (tertiary/aromatic N) is 1. The first-order valence-electron chi connectivity index (χ1n) is 3.89. The molecule has 0 aliphatic carbocycles. The van der Waals surface area contributed by atoms with Crippen molar-refractivity contribution in [3.63, 3.8) is 0 Å². The van der Waals surface area contributed by atoms with Gasteiger partial charge in [0.1, 0.15) is 5.75 Å². The summed E-state index contributed by atoms with van der Waals surface area (Å²) < 4.78 is 5.40. The molecule has 12 heavy (non-hydrogen) atoms.